The molecule has 0 aromatic carbocycles. The quantitative estimate of drug-likeness (QED) is 0.200. The van der Waals surface area contributed by atoms with Gasteiger partial charge in [-0.25, -0.2) is 0 Å². The van der Waals surface area contributed by atoms with Crippen molar-refractivity contribution in [3.05, 3.63) is 0 Å². The Kier molecular flexibility index (Phi) is 126. The summed E-state index contributed by atoms with van der Waals surface area (Å²) in [6, 6.07) is 0. The summed E-state index contributed by atoms with van der Waals surface area (Å²) in [6.07, 6.45) is 0. The zero-order valence-corrected chi connectivity index (χ0v) is 7.42. The van der Waals surface area contributed by atoms with Crippen LogP contribution in [0.4, 0.5) is 0 Å². The van der Waals surface area contributed by atoms with E-state index in [1.807, 2.05) is 0 Å². The van der Waals surface area contributed by atoms with Crippen molar-refractivity contribution < 1.29 is 30.1 Å². The molecule has 0 spiro atoms. The minimum atomic E-state index is -1.50. The molecule has 0 fully saturated rings. The fourth-order valence-electron chi connectivity index (χ4n) is 0. The molecule has 0 aromatic rings. The average Bonchev–Trinajstić information content (AvgIpc) is 1.70. The van der Waals surface area contributed by atoms with E-state index in [1.165, 1.54) is 0 Å². The molecule has 0 bridgehead atoms. The van der Waals surface area contributed by atoms with Crippen LogP contribution in [0.3, 0.4) is 0 Å². The van der Waals surface area contributed by atoms with Crippen LogP contribution in [0.25, 0.3) is 0 Å². The van der Waals surface area contributed by atoms with Crippen molar-refractivity contribution in [2.45, 2.75) is 0 Å². The SMILES string of the molecule is O[BH2-]O.O[BH2-]O.O[BH2-]O.[Al+3]. The molecular weight excluding hydrogens is 155 g/mol. The molecule has 0 aliphatic heterocycles. The van der Waals surface area contributed by atoms with E-state index in [0.29, 0.717) is 0 Å². The predicted octanol–water partition coefficient (Wildman–Crippen LogP) is -6.47. The Morgan fingerprint density at radius 2 is 0.500 bits per heavy atom. The van der Waals surface area contributed by atoms with Crippen molar-refractivity contribution in [1.29, 1.82) is 0 Å². The van der Waals surface area contributed by atoms with Gasteiger partial charge in [0.25, 0.3) is 0 Å². The van der Waals surface area contributed by atoms with Crippen LogP contribution in [-0.4, -0.2) is 70.6 Å². The van der Waals surface area contributed by atoms with Gasteiger partial charge in [0.05, 0.1) is 0 Å². The van der Waals surface area contributed by atoms with Gasteiger partial charge in [-0.3, -0.25) is 0 Å². The maximum absolute atomic E-state index is 7.25. The van der Waals surface area contributed by atoms with Crippen molar-refractivity contribution in [1.82, 2.24) is 0 Å². The Morgan fingerprint density at radius 3 is 0.500 bits per heavy atom. The topological polar surface area (TPSA) is 121 Å². The summed E-state index contributed by atoms with van der Waals surface area (Å²) < 4.78 is 0. The van der Waals surface area contributed by atoms with E-state index in [0.717, 1.165) is 0 Å². The monoisotopic (exact) mass is 168 g/mol. The molecular formula is H12AlB3O6. The Balaban J connectivity index is -0.0000000257. The third-order valence-corrected chi connectivity index (χ3v) is 0. The zero-order chi connectivity index (χ0) is 8.12. The molecule has 0 amide bonds. The van der Waals surface area contributed by atoms with E-state index < -0.39 is 23.1 Å². The van der Waals surface area contributed by atoms with E-state index >= 15 is 0 Å². The summed E-state index contributed by atoms with van der Waals surface area (Å²) in [5.41, 5.74) is 0. The number of hydrogen-bond acceptors (Lipinski definition) is 6. The molecule has 0 aliphatic rings. The largest absolute Gasteiger partial charge is 3.00 e. The van der Waals surface area contributed by atoms with E-state index in [-0.39, 0.29) is 17.4 Å². The van der Waals surface area contributed by atoms with Gasteiger partial charge in [0.2, 0.25) is 23.1 Å². The maximum atomic E-state index is 7.25. The zero-order valence-electron chi connectivity index (χ0n) is 6.26. The first-order valence-electron chi connectivity index (χ1n) is 2.68. The molecule has 0 radical (unpaired) electrons. The molecule has 0 rings (SSSR count). The molecule has 0 aliphatic carbocycles. The molecule has 0 atom stereocenters. The fourth-order valence-corrected chi connectivity index (χ4v) is 0. The smallest absolute Gasteiger partial charge is 0.588 e. The summed E-state index contributed by atoms with van der Waals surface area (Å²) in [6.45, 7) is 0. The van der Waals surface area contributed by atoms with Crippen LogP contribution in [0, 0.1) is 0 Å². The van der Waals surface area contributed by atoms with Crippen LogP contribution in [0.5, 0.6) is 0 Å². The van der Waals surface area contributed by atoms with Gasteiger partial charge in [-0.05, 0) is 0 Å². The normalized spacial score (nSPS) is 5.40. The standard InChI is InChI=1S/Al.3BH4O2/c;3*2-1-3/h;3*2-3H,1H2/q+3;3*-1. The first-order valence-corrected chi connectivity index (χ1v) is 2.68. The molecule has 10 heavy (non-hydrogen) atoms. The number of rotatable bonds is 0. The van der Waals surface area contributed by atoms with Crippen LogP contribution in [0.2, 0.25) is 0 Å². The summed E-state index contributed by atoms with van der Waals surface area (Å²) in [5.74, 6) is 0. The second kappa shape index (κ2) is 56.2. The predicted molar refractivity (Wildman–Crippen MR) is 44.7 cm³/mol. The van der Waals surface area contributed by atoms with Crippen molar-refractivity contribution in [3.8, 4) is 0 Å². The van der Waals surface area contributed by atoms with E-state index in [4.69, 9.17) is 30.1 Å². The van der Waals surface area contributed by atoms with Gasteiger partial charge in [-0.1, -0.05) is 0 Å². The Labute approximate surface area is 71.2 Å². The average molecular weight is 168 g/mol. The molecule has 0 aromatic heterocycles. The third kappa shape index (κ3) is 2000. The van der Waals surface area contributed by atoms with Gasteiger partial charge in [-0.2, -0.15) is 0 Å². The van der Waals surface area contributed by atoms with Crippen LogP contribution < -0.4 is 0 Å². The van der Waals surface area contributed by atoms with Gasteiger partial charge >= 0.3 is 17.4 Å². The summed E-state index contributed by atoms with van der Waals surface area (Å²) >= 11 is 0. The summed E-state index contributed by atoms with van der Waals surface area (Å²) in [4.78, 5) is 0. The minimum absolute atomic E-state index is 0. The van der Waals surface area contributed by atoms with Gasteiger partial charge in [0.15, 0.2) is 0 Å². The maximum Gasteiger partial charge on any atom is 3.00 e. The Hall–Kier alpha value is 0.487. The van der Waals surface area contributed by atoms with Crippen LogP contribution in [0.1, 0.15) is 0 Å². The Morgan fingerprint density at radius 1 is 0.500 bits per heavy atom. The Bertz CT molecular complexity index is 17.7. The molecule has 60 valence electrons. The van der Waals surface area contributed by atoms with Crippen molar-refractivity contribution >= 4 is 40.4 Å². The van der Waals surface area contributed by atoms with Gasteiger partial charge in [0.1, 0.15) is 0 Å². The molecule has 0 saturated carbocycles. The molecule has 0 unspecified atom stereocenters. The van der Waals surface area contributed by atoms with E-state index in [1.54, 1.807) is 0 Å². The molecule has 6 N–H and O–H groups in total. The van der Waals surface area contributed by atoms with E-state index in [2.05, 4.69) is 0 Å². The molecule has 0 saturated heterocycles. The van der Waals surface area contributed by atoms with Crippen molar-refractivity contribution in [2.75, 3.05) is 0 Å². The summed E-state index contributed by atoms with van der Waals surface area (Å²) in [7, 11) is -4.50. The van der Waals surface area contributed by atoms with Crippen LogP contribution >= 0.6 is 0 Å². The van der Waals surface area contributed by atoms with Gasteiger partial charge in [-0.15, -0.1) is 0 Å². The molecule has 6 nitrogen and oxygen atoms in total. The van der Waals surface area contributed by atoms with E-state index in [9.17, 15) is 0 Å². The fraction of sp³-hybridized carbons (Fsp3) is 0. The van der Waals surface area contributed by atoms with Crippen molar-refractivity contribution in [3.63, 3.8) is 0 Å². The van der Waals surface area contributed by atoms with Gasteiger partial charge < -0.3 is 30.1 Å². The second-order valence-electron chi connectivity index (χ2n) is 0.600. The molecule has 10 heteroatoms. The third-order valence-electron chi connectivity index (χ3n) is 0. The van der Waals surface area contributed by atoms with Gasteiger partial charge in [0, 0.05) is 0 Å². The van der Waals surface area contributed by atoms with Crippen LogP contribution in [0.15, 0.2) is 0 Å². The van der Waals surface area contributed by atoms with Crippen LogP contribution in [-0.2, 0) is 0 Å². The first-order chi connectivity index (χ1) is 4.24. The number of hydrogen-bond donors (Lipinski definition) is 6. The first kappa shape index (κ1) is 22.4. The second-order valence-corrected chi connectivity index (χ2v) is 0.600. The van der Waals surface area contributed by atoms with Crippen molar-refractivity contribution in [2.24, 2.45) is 0 Å². The molecule has 0 heterocycles. The minimum Gasteiger partial charge on any atom is -0.588 e. The summed E-state index contributed by atoms with van der Waals surface area (Å²) in [5, 5.41) is 43.5.